The standard InChI is InChI=1S/C31H19N3S/c32-18-19-9-12-24-25-13-10-20(16-31(25)35-30(24)15-19)22-5-1-3-7-27(22)34-28-8-4-2-6-23(28)26-17-21(33)11-14-29(26)34/h1-17H,33H2. The highest BCUT2D eigenvalue weighted by Gasteiger charge is 2.16. The van der Waals surface area contributed by atoms with E-state index in [4.69, 9.17) is 5.73 Å². The Morgan fingerprint density at radius 1 is 0.657 bits per heavy atom. The van der Waals surface area contributed by atoms with E-state index < -0.39 is 0 Å². The molecule has 0 saturated carbocycles. The van der Waals surface area contributed by atoms with Crippen LogP contribution in [-0.2, 0) is 0 Å². The van der Waals surface area contributed by atoms with Crippen LogP contribution >= 0.6 is 11.3 Å². The average Bonchev–Trinajstić information content (AvgIpc) is 3.42. The van der Waals surface area contributed by atoms with Gasteiger partial charge in [-0.25, -0.2) is 0 Å². The molecule has 0 amide bonds. The van der Waals surface area contributed by atoms with Crippen LogP contribution in [0.2, 0.25) is 0 Å². The molecule has 3 nitrogen and oxygen atoms in total. The van der Waals surface area contributed by atoms with E-state index in [-0.39, 0.29) is 0 Å². The Labute approximate surface area is 205 Å². The Morgan fingerprint density at radius 2 is 1.40 bits per heavy atom. The Balaban J connectivity index is 1.49. The maximum Gasteiger partial charge on any atom is 0.0992 e. The topological polar surface area (TPSA) is 54.7 Å². The normalized spacial score (nSPS) is 11.5. The van der Waals surface area contributed by atoms with Crippen LogP contribution in [0.15, 0.2) is 103 Å². The molecular formula is C31H19N3S. The van der Waals surface area contributed by atoms with E-state index in [1.807, 2.05) is 18.2 Å². The zero-order valence-corrected chi connectivity index (χ0v) is 19.5. The Hall–Kier alpha value is -4.59. The molecule has 35 heavy (non-hydrogen) atoms. The fraction of sp³-hybridized carbons (Fsp3) is 0. The van der Waals surface area contributed by atoms with Crippen molar-refractivity contribution >= 4 is 59.0 Å². The van der Waals surface area contributed by atoms with E-state index in [1.54, 1.807) is 11.3 Å². The molecule has 0 saturated heterocycles. The van der Waals surface area contributed by atoms with E-state index in [2.05, 4.69) is 95.6 Å². The van der Waals surface area contributed by atoms with Crippen LogP contribution in [0, 0.1) is 11.3 Å². The number of thiophene rings is 1. The molecule has 7 rings (SSSR count). The van der Waals surface area contributed by atoms with Crippen molar-refractivity contribution < 1.29 is 0 Å². The predicted octanol–water partition coefficient (Wildman–Crippen LogP) is 8.27. The van der Waals surface area contributed by atoms with Crippen molar-refractivity contribution in [1.82, 2.24) is 4.57 Å². The number of nitriles is 1. The number of nitrogen functional groups attached to an aromatic ring is 1. The second-order valence-corrected chi connectivity index (χ2v) is 9.87. The van der Waals surface area contributed by atoms with Crippen molar-refractivity contribution in [1.29, 1.82) is 5.26 Å². The molecule has 0 atom stereocenters. The molecular weight excluding hydrogens is 446 g/mol. The van der Waals surface area contributed by atoms with Crippen molar-refractivity contribution in [2.75, 3.05) is 5.73 Å². The number of hydrogen-bond acceptors (Lipinski definition) is 3. The lowest BCUT2D eigenvalue weighted by Gasteiger charge is -2.14. The number of anilines is 1. The van der Waals surface area contributed by atoms with Gasteiger partial charge in [-0.15, -0.1) is 11.3 Å². The average molecular weight is 466 g/mol. The third kappa shape index (κ3) is 2.96. The monoisotopic (exact) mass is 465 g/mol. The second kappa shape index (κ2) is 7.46. The molecule has 2 N–H and O–H groups in total. The van der Waals surface area contributed by atoms with Crippen LogP contribution < -0.4 is 5.73 Å². The highest BCUT2D eigenvalue weighted by Crippen LogP contribution is 2.40. The fourth-order valence-corrected chi connectivity index (χ4v) is 6.36. The molecule has 0 bridgehead atoms. The van der Waals surface area contributed by atoms with Gasteiger partial charge in [0.25, 0.3) is 0 Å². The van der Waals surface area contributed by atoms with Crippen molar-refractivity contribution in [3.8, 4) is 22.9 Å². The van der Waals surface area contributed by atoms with Crippen LogP contribution in [-0.4, -0.2) is 4.57 Å². The minimum atomic E-state index is 0.696. The number of rotatable bonds is 2. The van der Waals surface area contributed by atoms with E-state index in [9.17, 15) is 5.26 Å². The van der Waals surface area contributed by atoms with E-state index in [0.717, 1.165) is 32.5 Å². The molecule has 164 valence electrons. The number of nitrogens with two attached hydrogens (primary N) is 1. The smallest absolute Gasteiger partial charge is 0.0992 e. The summed E-state index contributed by atoms with van der Waals surface area (Å²) in [4.78, 5) is 0. The van der Waals surface area contributed by atoms with Gasteiger partial charge in [-0.1, -0.05) is 54.6 Å². The first-order valence-electron chi connectivity index (χ1n) is 11.5. The Kier molecular flexibility index (Phi) is 4.23. The highest BCUT2D eigenvalue weighted by atomic mass is 32.1. The van der Waals surface area contributed by atoms with Gasteiger partial charge in [0.15, 0.2) is 0 Å². The molecule has 0 radical (unpaired) electrons. The number of aromatic nitrogens is 1. The molecule has 0 spiro atoms. The molecule has 0 aliphatic rings. The number of para-hydroxylation sites is 2. The lowest BCUT2D eigenvalue weighted by molar-refractivity contribution is 1.18. The first-order valence-corrected chi connectivity index (χ1v) is 12.3. The summed E-state index contributed by atoms with van der Waals surface area (Å²) in [5, 5.41) is 14.1. The molecule has 0 fully saturated rings. The summed E-state index contributed by atoms with van der Waals surface area (Å²) in [6.45, 7) is 0. The summed E-state index contributed by atoms with van der Waals surface area (Å²) in [5.41, 5.74) is 13.4. The number of hydrogen-bond donors (Lipinski definition) is 1. The maximum atomic E-state index is 9.30. The van der Waals surface area contributed by atoms with Crippen molar-refractivity contribution in [2.45, 2.75) is 0 Å². The van der Waals surface area contributed by atoms with Gasteiger partial charge in [0.1, 0.15) is 0 Å². The predicted molar refractivity (Wildman–Crippen MR) is 148 cm³/mol. The molecule has 2 aromatic heterocycles. The van der Waals surface area contributed by atoms with Crippen LogP contribution in [0.5, 0.6) is 0 Å². The molecule has 7 aromatic rings. The Bertz CT molecular complexity index is 1980. The maximum absolute atomic E-state index is 9.30. The van der Waals surface area contributed by atoms with Gasteiger partial charge in [-0.05, 0) is 54.1 Å². The van der Waals surface area contributed by atoms with E-state index in [0.29, 0.717) is 5.56 Å². The minimum Gasteiger partial charge on any atom is -0.399 e. The summed E-state index contributed by atoms with van der Waals surface area (Å²) in [6, 6.07) is 38.1. The van der Waals surface area contributed by atoms with Gasteiger partial charge >= 0.3 is 0 Å². The fourth-order valence-electron chi connectivity index (χ4n) is 5.18. The second-order valence-electron chi connectivity index (χ2n) is 8.78. The number of nitrogens with zero attached hydrogens (tertiary/aromatic N) is 2. The van der Waals surface area contributed by atoms with Crippen molar-refractivity contribution in [2.24, 2.45) is 0 Å². The lowest BCUT2D eigenvalue weighted by atomic mass is 10.0. The summed E-state index contributed by atoms with van der Waals surface area (Å²) in [6.07, 6.45) is 0. The van der Waals surface area contributed by atoms with E-state index >= 15 is 0 Å². The Morgan fingerprint density at radius 3 is 2.29 bits per heavy atom. The lowest BCUT2D eigenvalue weighted by Crippen LogP contribution is -1.97. The summed E-state index contributed by atoms with van der Waals surface area (Å²) in [5.74, 6) is 0. The molecule has 4 heteroatoms. The van der Waals surface area contributed by atoms with Gasteiger partial charge in [0.2, 0.25) is 0 Å². The summed E-state index contributed by atoms with van der Waals surface area (Å²) >= 11 is 1.74. The molecule has 0 unspecified atom stereocenters. The molecule has 0 aliphatic carbocycles. The largest absolute Gasteiger partial charge is 0.399 e. The van der Waals surface area contributed by atoms with Gasteiger partial charge < -0.3 is 10.3 Å². The molecule has 0 aliphatic heterocycles. The SMILES string of the molecule is N#Cc1ccc2c(c1)sc1cc(-c3ccccc3-n3c4ccccc4c4cc(N)ccc43)ccc12. The third-order valence-corrected chi connectivity index (χ3v) is 7.87. The van der Waals surface area contributed by atoms with Crippen LogP contribution in [0.3, 0.4) is 0 Å². The van der Waals surface area contributed by atoms with Crippen LogP contribution in [0.4, 0.5) is 5.69 Å². The van der Waals surface area contributed by atoms with Crippen molar-refractivity contribution in [3.63, 3.8) is 0 Å². The minimum absolute atomic E-state index is 0.696. The summed E-state index contributed by atoms with van der Waals surface area (Å²) in [7, 11) is 0. The number of fused-ring (bicyclic) bond motifs is 6. The zero-order valence-electron chi connectivity index (χ0n) is 18.7. The van der Waals surface area contributed by atoms with Gasteiger partial charge in [0.05, 0.1) is 28.4 Å². The number of benzene rings is 5. The third-order valence-electron chi connectivity index (χ3n) is 6.76. The van der Waals surface area contributed by atoms with Crippen molar-refractivity contribution in [3.05, 3.63) is 109 Å². The van der Waals surface area contributed by atoms with Gasteiger partial charge in [-0.2, -0.15) is 5.26 Å². The molecule has 5 aromatic carbocycles. The first-order chi connectivity index (χ1) is 17.2. The van der Waals surface area contributed by atoms with Crippen LogP contribution in [0.1, 0.15) is 5.56 Å². The highest BCUT2D eigenvalue weighted by molar-refractivity contribution is 7.25. The molecule has 2 heterocycles. The zero-order chi connectivity index (χ0) is 23.5. The van der Waals surface area contributed by atoms with Crippen LogP contribution in [0.25, 0.3) is 58.8 Å². The van der Waals surface area contributed by atoms with Gasteiger partial charge in [-0.3, -0.25) is 0 Å². The van der Waals surface area contributed by atoms with E-state index in [1.165, 1.54) is 32.0 Å². The quantitative estimate of drug-likeness (QED) is 0.261. The first kappa shape index (κ1) is 19.8. The summed E-state index contributed by atoms with van der Waals surface area (Å²) < 4.78 is 4.70. The van der Waals surface area contributed by atoms with Gasteiger partial charge in [0, 0.05) is 42.2 Å².